The summed E-state index contributed by atoms with van der Waals surface area (Å²) in [5.74, 6) is 0.806. The van der Waals surface area contributed by atoms with Crippen molar-refractivity contribution in [3.05, 3.63) is 70.8 Å². The van der Waals surface area contributed by atoms with E-state index in [-0.39, 0.29) is 5.78 Å². The van der Waals surface area contributed by atoms with Crippen molar-refractivity contribution in [2.75, 3.05) is 0 Å². The zero-order chi connectivity index (χ0) is 14.5. The summed E-state index contributed by atoms with van der Waals surface area (Å²) in [4.78, 5) is 12.1. The normalized spacial score (nSPS) is 10.8. The van der Waals surface area contributed by atoms with E-state index in [0.717, 1.165) is 11.1 Å². The molecule has 0 radical (unpaired) electrons. The van der Waals surface area contributed by atoms with Gasteiger partial charge >= 0.3 is 0 Å². The Morgan fingerprint density at radius 2 is 1.60 bits per heavy atom. The molecule has 0 aromatic heterocycles. The largest absolute Gasteiger partial charge is 0.299 e. The number of aryl methyl sites for hydroxylation is 1. The van der Waals surface area contributed by atoms with E-state index in [0.29, 0.717) is 18.8 Å². The Morgan fingerprint density at radius 3 is 2.20 bits per heavy atom. The van der Waals surface area contributed by atoms with Gasteiger partial charge in [-0.2, -0.15) is 0 Å². The molecule has 0 N–H and O–H groups in total. The Kier molecular flexibility index (Phi) is 4.73. The summed E-state index contributed by atoms with van der Waals surface area (Å²) in [5.41, 5.74) is 4.73. The first-order valence-corrected chi connectivity index (χ1v) is 7.20. The van der Waals surface area contributed by atoms with Crippen LogP contribution in [0.25, 0.3) is 0 Å². The molecule has 2 rings (SSSR count). The first-order chi connectivity index (χ1) is 9.54. The van der Waals surface area contributed by atoms with Crippen LogP contribution >= 0.6 is 0 Å². The number of rotatable bonds is 5. The molecule has 0 fully saturated rings. The van der Waals surface area contributed by atoms with Gasteiger partial charge in [-0.15, -0.1) is 0 Å². The molecule has 0 aliphatic rings. The quantitative estimate of drug-likeness (QED) is 0.780. The number of hydrogen-bond acceptors (Lipinski definition) is 1. The van der Waals surface area contributed by atoms with E-state index >= 15 is 0 Å². The van der Waals surface area contributed by atoms with Crippen molar-refractivity contribution in [2.24, 2.45) is 0 Å². The maximum atomic E-state index is 12.1. The fourth-order valence-electron chi connectivity index (χ4n) is 2.36. The van der Waals surface area contributed by atoms with Gasteiger partial charge in [0, 0.05) is 12.8 Å². The highest BCUT2D eigenvalue weighted by atomic mass is 16.1. The molecule has 20 heavy (non-hydrogen) atoms. The molecular weight excluding hydrogens is 244 g/mol. The van der Waals surface area contributed by atoms with Crippen LogP contribution in [0.2, 0.25) is 0 Å². The lowest BCUT2D eigenvalue weighted by atomic mass is 9.98. The predicted octanol–water partition coefficient (Wildman–Crippen LogP) is 4.47. The van der Waals surface area contributed by atoms with Crippen molar-refractivity contribution in [1.29, 1.82) is 0 Å². The van der Waals surface area contributed by atoms with E-state index in [9.17, 15) is 4.79 Å². The average Bonchev–Trinajstić information content (AvgIpc) is 2.39. The van der Waals surface area contributed by atoms with Crippen LogP contribution in [-0.2, 0) is 17.6 Å². The molecule has 2 aromatic rings. The highest BCUT2D eigenvalue weighted by molar-refractivity contribution is 5.83. The number of carbonyl (C=O) groups excluding carboxylic acids is 1. The highest BCUT2D eigenvalue weighted by Crippen LogP contribution is 2.15. The number of hydrogen-bond donors (Lipinski definition) is 0. The maximum absolute atomic E-state index is 12.1. The van der Waals surface area contributed by atoms with Gasteiger partial charge in [0.1, 0.15) is 5.78 Å². The van der Waals surface area contributed by atoms with Gasteiger partial charge in [-0.3, -0.25) is 4.79 Å². The van der Waals surface area contributed by atoms with Gasteiger partial charge in [0.2, 0.25) is 0 Å². The summed E-state index contributed by atoms with van der Waals surface area (Å²) in [6.45, 7) is 6.41. The van der Waals surface area contributed by atoms with E-state index in [1.165, 1.54) is 11.1 Å². The van der Waals surface area contributed by atoms with E-state index in [4.69, 9.17) is 0 Å². The predicted molar refractivity (Wildman–Crippen MR) is 84.1 cm³/mol. The fourth-order valence-corrected chi connectivity index (χ4v) is 2.36. The monoisotopic (exact) mass is 266 g/mol. The van der Waals surface area contributed by atoms with Crippen molar-refractivity contribution in [3.8, 4) is 0 Å². The second-order valence-corrected chi connectivity index (χ2v) is 5.78. The number of Topliss-reactive ketones (excluding diaryl/α,β-unsaturated/α-hetero) is 1. The lowest BCUT2D eigenvalue weighted by Crippen LogP contribution is -2.06. The molecule has 0 aliphatic carbocycles. The minimum atomic E-state index is 0.271. The molecule has 0 spiro atoms. The molecule has 0 saturated heterocycles. The molecule has 0 aliphatic heterocycles. The van der Waals surface area contributed by atoms with Crippen molar-refractivity contribution >= 4 is 5.78 Å². The number of carbonyl (C=O) groups is 1. The van der Waals surface area contributed by atoms with Crippen LogP contribution < -0.4 is 0 Å². The summed E-state index contributed by atoms with van der Waals surface area (Å²) in [6, 6.07) is 16.6. The second kappa shape index (κ2) is 6.51. The molecule has 1 nitrogen and oxygen atoms in total. The molecule has 0 heterocycles. The van der Waals surface area contributed by atoms with Gasteiger partial charge in [-0.05, 0) is 29.5 Å². The van der Waals surface area contributed by atoms with Crippen LogP contribution in [0.1, 0.15) is 42.0 Å². The van der Waals surface area contributed by atoms with Crippen LogP contribution in [-0.4, -0.2) is 5.78 Å². The molecule has 1 heteroatoms. The minimum absolute atomic E-state index is 0.271. The van der Waals surface area contributed by atoms with E-state index < -0.39 is 0 Å². The molecular formula is C19H22O. The lowest BCUT2D eigenvalue weighted by molar-refractivity contribution is -0.117. The van der Waals surface area contributed by atoms with Crippen LogP contribution in [0.3, 0.4) is 0 Å². The summed E-state index contributed by atoms with van der Waals surface area (Å²) < 4.78 is 0. The van der Waals surface area contributed by atoms with Crippen molar-refractivity contribution < 1.29 is 4.79 Å². The molecule has 2 aromatic carbocycles. The summed E-state index contributed by atoms with van der Waals surface area (Å²) in [5, 5.41) is 0. The Labute approximate surface area is 121 Å². The van der Waals surface area contributed by atoms with Crippen molar-refractivity contribution in [2.45, 2.75) is 39.5 Å². The molecule has 0 amide bonds. The first kappa shape index (κ1) is 14.5. The molecule has 0 atom stereocenters. The number of ketones is 1. The van der Waals surface area contributed by atoms with E-state index in [1.54, 1.807) is 0 Å². The Hall–Kier alpha value is -1.89. The summed E-state index contributed by atoms with van der Waals surface area (Å²) >= 11 is 0. The third-order valence-corrected chi connectivity index (χ3v) is 3.53. The second-order valence-electron chi connectivity index (χ2n) is 5.78. The molecule has 0 bridgehead atoms. The molecule has 104 valence electrons. The van der Waals surface area contributed by atoms with E-state index in [2.05, 4.69) is 57.2 Å². The lowest BCUT2D eigenvalue weighted by Gasteiger charge is -2.07. The molecule has 0 unspecified atom stereocenters. The molecule has 0 saturated carbocycles. The van der Waals surface area contributed by atoms with Crippen molar-refractivity contribution in [3.63, 3.8) is 0 Å². The highest BCUT2D eigenvalue weighted by Gasteiger charge is 2.06. The SMILES string of the molecule is Cc1cccc(CC(=O)Cc2ccc(C(C)C)cc2)c1. The summed E-state index contributed by atoms with van der Waals surface area (Å²) in [6.07, 6.45) is 1.04. The van der Waals surface area contributed by atoms with Crippen molar-refractivity contribution in [1.82, 2.24) is 0 Å². The average molecular weight is 266 g/mol. The van der Waals surface area contributed by atoms with Gasteiger partial charge in [-0.1, -0.05) is 67.9 Å². The third kappa shape index (κ3) is 4.06. The van der Waals surface area contributed by atoms with Crippen LogP contribution in [0.5, 0.6) is 0 Å². The Balaban J connectivity index is 1.97. The first-order valence-electron chi connectivity index (χ1n) is 7.20. The maximum Gasteiger partial charge on any atom is 0.141 e. The van der Waals surface area contributed by atoms with Crippen LogP contribution in [0.15, 0.2) is 48.5 Å². The topological polar surface area (TPSA) is 17.1 Å². The Bertz CT molecular complexity index is 579. The zero-order valence-electron chi connectivity index (χ0n) is 12.5. The van der Waals surface area contributed by atoms with E-state index in [1.807, 2.05) is 12.1 Å². The fraction of sp³-hybridized carbons (Fsp3) is 0.316. The van der Waals surface area contributed by atoms with Crippen LogP contribution in [0.4, 0.5) is 0 Å². The summed E-state index contributed by atoms with van der Waals surface area (Å²) in [7, 11) is 0. The van der Waals surface area contributed by atoms with Gasteiger partial charge < -0.3 is 0 Å². The van der Waals surface area contributed by atoms with Gasteiger partial charge in [0.05, 0.1) is 0 Å². The minimum Gasteiger partial charge on any atom is -0.299 e. The van der Waals surface area contributed by atoms with Gasteiger partial charge in [-0.25, -0.2) is 0 Å². The number of benzene rings is 2. The third-order valence-electron chi connectivity index (χ3n) is 3.53. The Morgan fingerprint density at radius 1 is 0.950 bits per heavy atom. The van der Waals surface area contributed by atoms with Crippen LogP contribution in [0, 0.1) is 6.92 Å². The zero-order valence-corrected chi connectivity index (χ0v) is 12.5. The van der Waals surface area contributed by atoms with Gasteiger partial charge in [0.25, 0.3) is 0 Å². The smallest absolute Gasteiger partial charge is 0.141 e. The standard InChI is InChI=1S/C19H22O/c1-14(2)18-9-7-16(8-10-18)12-19(20)13-17-6-4-5-15(3)11-17/h4-11,14H,12-13H2,1-3H3. The van der Waals surface area contributed by atoms with Gasteiger partial charge in [0.15, 0.2) is 0 Å².